The molecular formula is C15H22N4OS. The standard InChI is InChI=1S/C15H22N4OS/c1-4-8-19-14(20)17-18-15(19)21-13(11(3)16)12-7-5-6-10(2)9-12/h5-7,9,11,13H,4,8,16H2,1-3H3,(H,17,20). The number of H-pyrrole nitrogens is 1. The van der Waals surface area contributed by atoms with Crippen LogP contribution >= 0.6 is 11.8 Å². The van der Waals surface area contributed by atoms with Gasteiger partial charge >= 0.3 is 5.69 Å². The summed E-state index contributed by atoms with van der Waals surface area (Å²) < 4.78 is 1.68. The maximum Gasteiger partial charge on any atom is 0.343 e. The molecule has 3 N–H and O–H groups in total. The Kier molecular flexibility index (Phi) is 5.25. The molecule has 0 radical (unpaired) electrons. The van der Waals surface area contributed by atoms with Crippen molar-refractivity contribution in [2.45, 2.75) is 50.2 Å². The number of nitrogens with two attached hydrogens (primary N) is 1. The van der Waals surface area contributed by atoms with E-state index in [1.165, 1.54) is 5.56 Å². The monoisotopic (exact) mass is 306 g/mol. The number of hydrogen-bond donors (Lipinski definition) is 2. The molecule has 1 aromatic carbocycles. The van der Waals surface area contributed by atoms with E-state index in [4.69, 9.17) is 5.73 Å². The van der Waals surface area contributed by atoms with Crippen molar-refractivity contribution >= 4 is 11.8 Å². The van der Waals surface area contributed by atoms with Gasteiger partial charge in [0.25, 0.3) is 0 Å². The maximum absolute atomic E-state index is 11.8. The summed E-state index contributed by atoms with van der Waals surface area (Å²) in [4.78, 5) is 11.8. The Morgan fingerprint density at radius 1 is 1.48 bits per heavy atom. The van der Waals surface area contributed by atoms with E-state index in [9.17, 15) is 4.79 Å². The van der Waals surface area contributed by atoms with Crippen LogP contribution in [0.25, 0.3) is 0 Å². The minimum absolute atomic E-state index is 0.0429. The highest BCUT2D eigenvalue weighted by Gasteiger charge is 2.21. The lowest BCUT2D eigenvalue weighted by molar-refractivity contribution is 0.600. The van der Waals surface area contributed by atoms with Gasteiger partial charge in [-0.2, -0.15) is 0 Å². The first-order chi connectivity index (χ1) is 10.0. The second-order valence-corrected chi connectivity index (χ2v) is 6.38. The van der Waals surface area contributed by atoms with Gasteiger partial charge in [0.05, 0.1) is 5.25 Å². The van der Waals surface area contributed by atoms with E-state index in [1.54, 1.807) is 16.3 Å². The highest BCUT2D eigenvalue weighted by atomic mass is 32.2. The number of nitrogens with one attached hydrogen (secondary N) is 1. The number of hydrogen-bond acceptors (Lipinski definition) is 4. The summed E-state index contributed by atoms with van der Waals surface area (Å²) in [5, 5.41) is 7.43. The van der Waals surface area contributed by atoms with Crippen molar-refractivity contribution in [3.05, 3.63) is 45.9 Å². The van der Waals surface area contributed by atoms with Crippen molar-refractivity contribution in [1.29, 1.82) is 0 Å². The van der Waals surface area contributed by atoms with Gasteiger partial charge in [0, 0.05) is 12.6 Å². The molecule has 2 aromatic rings. The second kappa shape index (κ2) is 6.95. The molecule has 0 aliphatic rings. The number of benzene rings is 1. The molecule has 0 aliphatic carbocycles. The molecule has 0 saturated heterocycles. The second-order valence-electron chi connectivity index (χ2n) is 5.27. The largest absolute Gasteiger partial charge is 0.343 e. The zero-order chi connectivity index (χ0) is 15.4. The van der Waals surface area contributed by atoms with Gasteiger partial charge in [-0.15, -0.1) is 5.10 Å². The smallest absolute Gasteiger partial charge is 0.327 e. The molecule has 2 atom stereocenters. The minimum Gasteiger partial charge on any atom is -0.327 e. The van der Waals surface area contributed by atoms with Gasteiger partial charge in [0.2, 0.25) is 0 Å². The normalized spacial score (nSPS) is 14.1. The first-order valence-corrected chi connectivity index (χ1v) is 8.05. The molecule has 0 bridgehead atoms. The number of aromatic nitrogens is 3. The molecule has 6 heteroatoms. The van der Waals surface area contributed by atoms with Gasteiger partial charge in [-0.3, -0.25) is 4.57 Å². The minimum atomic E-state index is -0.160. The fourth-order valence-electron chi connectivity index (χ4n) is 2.25. The highest BCUT2D eigenvalue weighted by molar-refractivity contribution is 7.99. The van der Waals surface area contributed by atoms with Crippen molar-refractivity contribution in [3.63, 3.8) is 0 Å². The first kappa shape index (κ1) is 15.9. The van der Waals surface area contributed by atoms with Gasteiger partial charge in [-0.05, 0) is 25.8 Å². The Balaban J connectivity index is 2.31. The molecule has 114 valence electrons. The summed E-state index contributed by atoms with van der Waals surface area (Å²) in [6.07, 6.45) is 0.889. The predicted molar refractivity (Wildman–Crippen MR) is 86.6 cm³/mol. The third-order valence-corrected chi connectivity index (χ3v) is 4.73. The Morgan fingerprint density at radius 3 is 2.86 bits per heavy atom. The van der Waals surface area contributed by atoms with Crippen molar-refractivity contribution in [3.8, 4) is 0 Å². The van der Waals surface area contributed by atoms with Crippen molar-refractivity contribution < 1.29 is 0 Å². The summed E-state index contributed by atoms with van der Waals surface area (Å²) in [5.74, 6) is 0. The van der Waals surface area contributed by atoms with Crippen LogP contribution in [0, 0.1) is 6.92 Å². The summed E-state index contributed by atoms with van der Waals surface area (Å²) >= 11 is 1.54. The lowest BCUT2D eigenvalue weighted by Crippen LogP contribution is -2.24. The van der Waals surface area contributed by atoms with Crippen LogP contribution in [0.1, 0.15) is 36.6 Å². The number of rotatable bonds is 6. The van der Waals surface area contributed by atoms with Crippen LogP contribution < -0.4 is 11.4 Å². The number of aryl methyl sites for hydroxylation is 1. The van der Waals surface area contributed by atoms with Gasteiger partial charge < -0.3 is 5.73 Å². The lowest BCUT2D eigenvalue weighted by atomic mass is 10.0. The fourth-order valence-corrected chi connectivity index (χ4v) is 3.38. The third-order valence-electron chi connectivity index (χ3n) is 3.25. The van der Waals surface area contributed by atoms with Gasteiger partial charge in [0.15, 0.2) is 5.16 Å². The van der Waals surface area contributed by atoms with E-state index >= 15 is 0 Å². The van der Waals surface area contributed by atoms with Crippen LogP contribution in [0.15, 0.2) is 34.2 Å². The molecule has 1 heterocycles. The van der Waals surface area contributed by atoms with Crippen LogP contribution in [0.4, 0.5) is 0 Å². The van der Waals surface area contributed by atoms with Crippen LogP contribution in [-0.2, 0) is 6.54 Å². The summed E-state index contributed by atoms with van der Waals surface area (Å²) in [7, 11) is 0. The van der Waals surface area contributed by atoms with E-state index in [-0.39, 0.29) is 17.0 Å². The quantitative estimate of drug-likeness (QED) is 0.804. The molecular weight excluding hydrogens is 284 g/mol. The molecule has 0 aliphatic heterocycles. The molecule has 2 unspecified atom stereocenters. The summed E-state index contributed by atoms with van der Waals surface area (Å²) in [6, 6.07) is 8.26. The van der Waals surface area contributed by atoms with E-state index in [2.05, 4.69) is 35.3 Å². The zero-order valence-electron chi connectivity index (χ0n) is 12.7. The van der Waals surface area contributed by atoms with E-state index in [0.29, 0.717) is 11.7 Å². The van der Waals surface area contributed by atoms with Gasteiger partial charge in [-0.1, -0.05) is 48.5 Å². The lowest BCUT2D eigenvalue weighted by Gasteiger charge is -2.20. The van der Waals surface area contributed by atoms with Crippen LogP contribution in [0.2, 0.25) is 0 Å². The molecule has 0 spiro atoms. The average molecular weight is 306 g/mol. The van der Waals surface area contributed by atoms with E-state index in [1.807, 2.05) is 19.9 Å². The highest BCUT2D eigenvalue weighted by Crippen LogP contribution is 2.36. The van der Waals surface area contributed by atoms with Gasteiger partial charge in [-0.25, -0.2) is 9.89 Å². The third kappa shape index (κ3) is 3.77. The maximum atomic E-state index is 11.8. The SMILES string of the molecule is CCCn1c(SC(c2cccc(C)c2)C(C)N)n[nH]c1=O. The zero-order valence-corrected chi connectivity index (χ0v) is 13.5. The number of aromatic amines is 1. The number of thioether (sulfide) groups is 1. The molecule has 1 aromatic heterocycles. The number of nitrogens with zero attached hydrogens (tertiary/aromatic N) is 2. The van der Waals surface area contributed by atoms with Crippen LogP contribution in [-0.4, -0.2) is 20.8 Å². The fraction of sp³-hybridized carbons (Fsp3) is 0.467. The molecule has 2 rings (SSSR count). The summed E-state index contributed by atoms with van der Waals surface area (Å²) in [5.41, 5.74) is 8.35. The Morgan fingerprint density at radius 2 is 2.24 bits per heavy atom. The Hall–Kier alpha value is -1.53. The van der Waals surface area contributed by atoms with E-state index < -0.39 is 0 Å². The van der Waals surface area contributed by atoms with E-state index in [0.717, 1.165) is 12.0 Å². The Bertz CT molecular complexity index is 647. The molecule has 21 heavy (non-hydrogen) atoms. The van der Waals surface area contributed by atoms with Gasteiger partial charge in [0.1, 0.15) is 0 Å². The molecule has 0 amide bonds. The molecule has 0 fully saturated rings. The van der Waals surface area contributed by atoms with Crippen molar-refractivity contribution in [2.24, 2.45) is 5.73 Å². The predicted octanol–water partition coefficient (Wildman–Crippen LogP) is 2.47. The summed E-state index contributed by atoms with van der Waals surface area (Å²) in [6.45, 7) is 6.75. The van der Waals surface area contributed by atoms with Crippen LogP contribution in [0.5, 0.6) is 0 Å². The van der Waals surface area contributed by atoms with Crippen molar-refractivity contribution in [2.75, 3.05) is 0 Å². The molecule has 0 saturated carbocycles. The Labute approximate surface area is 128 Å². The van der Waals surface area contributed by atoms with Crippen molar-refractivity contribution in [1.82, 2.24) is 14.8 Å². The topological polar surface area (TPSA) is 76.7 Å². The average Bonchev–Trinajstić information content (AvgIpc) is 2.77. The van der Waals surface area contributed by atoms with Crippen LogP contribution in [0.3, 0.4) is 0 Å². The molecule has 5 nitrogen and oxygen atoms in total. The first-order valence-electron chi connectivity index (χ1n) is 7.17.